The number of rotatable bonds is 24. The second-order valence-electron chi connectivity index (χ2n) is 19.8. The van der Waals surface area contributed by atoms with Gasteiger partial charge in [-0.1, -0.05) is 60.7 Å². The summed E-state index contributed by atoms with van der Waals surface area (Å²) >= 11 is 0. The van der Waals surface area contributed by atoms with Gasteiger partial charge >= 0.3 is 18.0 Å². The predicted octanol–water partition coefficient (Wildman–Crippen LogP) is 5.03. The molecule has 18 nitrogen and oxygen atoms in total. The van der Waals surface area contributed by atoms with Gasteiger partial charge in [0.2, 0.25) is 23.6 Å². The number of likely N-dealkylation sites (N-methyl/N-ethyl adjacent to an activating group) is 1. The first kappa shape index (κ1) is 56.1. The van der Waals surface area contributed by atoms with Gasteiger partial charge in [0.1, 0.15) is 53.9 Å². The molecule has 0 aromatic heterocycles. The van der Waals surface area contributed by atoms with Crippen LogP contribution in [0.4, 0.5) is 4.79 Å². The van der Waals surface area contributed by atoms with Crippen molar-refractivity contribution in [3.8, 4) is 16.9 Å². The molecule has 3 atom stereocenters. The summed E-state index contributed by atoms with van der Waals surface area (Å²) < 4.78 is 33.4. The van der Waals surface area contributed by atoms with E-state index in [4.69, 9.17) is 28.4 Å². The molecule has 0 unspecified atom stereocenters. The van der Waals surface area contributed by atoms with Gasteiger partial charge in [0.25, 0.3) is 0 Å². The molecule has 3 aromatic rings. The van der Waals surface area contributed by atoms with Gasteiger partial charge in [0, 0.05) is 32.4 Å². The van der Waals surface area contributed by atoms with Crippen molar-refractivity contribution in [2.75, 3.05) is 46.6 Å². The van der Waals surface area contributed by atoms with Crippen molar-refractivity contribution in [3.05, 3.63) is 89.5 Å². The minimum absolute atomic E-state index is 0.0243. The van der Waals surface area contributed by atoms with E-state index >= 15 is 0 Å². The first-order chi connectivity index (χ1) is 32.9. The Balaban J connectivity index is 1.33. The highest BCUT2D eigenvalue weighted by Gasteiger charge is 2.33. The van der Waals surface area contributed by atoms with E-state index in [9.17, 15) is 33.6 Å². The van der Waals surface area contributed by atoms with Gasteiger partial charge < -0.3 is 55.0 Å². The molecular formula is C52H71N5O13. The van der Waals surface area contributed by atoms with Crippen LogP contribution in [0.25, 0.3) is 11.1 Å². The summed E-state index contributed by atoms with van der Waals surface area (Å²) in [6.45, 7) is 15.8. The summed E-state index contributed by atoms with van der Waals surface area (Å²) in [5, 5.41) is 13.0. The molecule has 382 valence electrons. The van der Waals surface area contributed by atoms with Crippen molar-refractivity contribution in [3.63, 3.8) is 0 Å². The van der Waals surface area contributed by atoms with Crippen LogP contribution in [0.15, 0.2) is 72.8 Å². The lowest BCUT2D eigenvalue weighted by atomic mass is 9.98. The number of carbonyl (C=O) groups excluding carboxylic acids is 7. The lowest BCUT2D eigenvalue weighted by Gasteiger charge is -2.26. The Bertz CT molecular complexity index is 2220. The SMILES string of the molecule is CNC(=O)[C@@H](CCC(=O)OC(C)(C)C)NC(=O)[C@H](Cc1ccc(OC(C)(C)C)cc1)NC(=O)[C@H](CC(=O)OC(C)(C)C)NC(=O)COCCOCCNC(=O)OCC1c2ccccc2-c2ccccc21. The highest BCUT2D eigenvalue weighted by Crippen LogP contribution is 2.44. The highest BCUT2D eigenvalue weighted by atomic mass is 16.6. The smallest absolute Gasteiger partial charge is 0.407 e. The topological polar surface area (TPSA) is 235 Å². The van der Waals surface area contributed by atoms with E-state index in [1.807, 2.05) is 57.2 Å². The molecular weight excluding hydrogens is 903 g/mol. The molecule has 5 amide bonds. The lowest BCUT2D eigenvalue weighted by Crippen LogP contribution is -2.57. The minimum atomic E-state index is -1.52. The maximum atomic E-state index is 14.1. The van der Waals surface area contributed by atoms with Gasteiger partial charge in [-0.05, 0) is 109 Å². The molecule has 0 saturated carbocycles. The molecule has 1 aliphatic rings. The Labute approximate surface area is 411 Å². The van der Waals surface area contributed by atoms with Gasteiger partial charge in [0.15, 0.2) is 0 Å². The van der Waals surface area contributed by atoms with E-state index in [1.165, 1.54) is 7.05 Å². The molecule has 70 heavy (non-hydrogen) atoms. The number of benzene rings is 3. The first-order valence-corrected chi connectivity index (χ1v) is 23.5. The van der Waals surface area contributed by atoms with E-state index in [-0.39, 0.29) is 58.2 Å². The summed E-state index contributed by atoms with van der Waals surface area (Å²) in [5.74, 6) is -3.89. The number of amides is 5. The fourth-order valence-electron chi connectivity index (χ4n) is 7.39. The Hall–Kier alpha value is -6.53. The van der Waals surface area contributed by atoms with Gasteiger partial charge in [-0.15, -0.1) is 0 Å². The molecule has 18 heteroatoms. The van der Waals surface area contributed by atoms with Gasteiger partial charge in [-0.3, -0.25) is 28.8 Å². The average Bonchev–Trinajstić information content (AvgIpc) is 3.59. The zero-order valence-corrected chi connectivity index (χ0v) is 42.1. The van der Waals surface area contributed by atoms with Crippen LogP contribution in [0.3, 0.4) is 0 Å². The third kappa shape index (κ3) is 19.5. The molecule has 0 saturated heterocycles. The van der Waals surface area contributed by atoms with Crippen molar-refractivity contribution < 1.29 is 62.0 Å². The fourth-order valence-corrected chi connectivity index (χ4v) is 7.39. The summed E-state index contributed by atoms with van der Waals surface area (Å²) in [5.41, 5.74) is 2.90. The fraction of sp³-hybridized carbons (Fsp3) is 0.519. The third-order valence-electron chi connectivity index (χ3n) is 10.3. The van der Waals surface area contributed by atoms with Crippen molar-refractivity contribution in [2.24, 2.45) is 0 Å². The molecule has 5 N–H and O–H groups in total. The molecule has 0 fully saturated rings. The summed E-state index contributed by atoms with van der Waals surface area (Å²) in [6.07, 6.45) is -1.57. The number of carbonyl (C=O) groups is 7. The van der Waals surface area contributed by atoms with E-state index < -0.39 is 89.6 Å². The van der Waals surface area contributed by atoms with Crippen LogP contribution in [0.5, 0.6) is 5.75 Å². The molecule has 0 aliphatic heterocycles. The number of fused-ring (bicyclic) bond motifs is 3. The number of nitrogens with one attached hydrogen (secondary N) is 5. The molecule has 3 aromatic carbocycles. The van der Waals surface area contributed by atoms with Crippen molar-refractivity contribution >= 4 is 41.7 Å². The standard InChI is InChI=1S/C52H71N5O13/c1-50(2,3)68-34-21-19-33(20-22-34)29-41(47(62)56-40(46(61)53-10)23-24-44(59)69-51(4,5)6)57-48(63)42(30-45(60)70-52(7,8)9)55-43(58)32-66-28-27-65-26-25-54-49(64)67-31-39-37-17-13-11-15-35(37)36-16-12-14-18-38(36)39/h11-22,39-42H,23-32H2,1-10H3,(H,53,61)(H,54,64)(H,55,58)(H,56,62)(H,57,63)/t40-,41+,42+/m1/s1. The zero-order valence-electron chi connectivity index (χ0n) is 42.1. The van der Waals surface area contributed by atoms with Crippen LogP contribution in [-0.2, 0) is 58.9 Å². The number of alkyl carbamates (subject to hydrolysis) is 1. The first-order valence-electron chi connectivity index (χ1n) is 23.5. The molecule has 0 radical (unpaired) electrons. The monoisotopic (exact) mass is 974 g/mol. The number of esters is 2. The van der Waals surface area contributed by atoms with Crippen LogP contribution in [0, 0.1) is 0 Å². The second kappa shape index (κ2) is 25.9. The predicted molar refractivity (Wildman–Crippen MR) is 261 cm³/mol. The van der Waals surface area contributed by atoms with Gasteiger partial charge in [0.05, 0.1) is 26.2 Å². The number of ether oxygens (including phenoxy) is 6. The van der Waals surface area contributed by atoms with Crippen LogP contribution < -0.4 is 31.3 Å². The largest absolute Gasteiger partial charge is 0.488 e. The summed E-state index contributed by atoms with van der Waals surface area (Å²) in [4.78, 5) is 92.4. The molecule has 1 aliphatic carbocycles. The van der Waals surface area contributed by atoms with E-state index in [1.54, 1.807) is 65.8 Å². The Kier molecular flexibility index (Phi) is 20.7. The van der Waals surface area contributed by atoms with Crippen LogP contribution >= 0.6 is 0 Å². The van der Waals surface area contributed by atoms with Crippen LogP contribution in [0.2, 0.25) is 0 Å². The highest BCUT2D eigenvalue weighted by molar-refractivity contribution is 5.96. The Morgan fingerprint density at radius 2 is 1.16 bits per heavy atom. The summed E-state index contributed by atoms with van der Waals surface area (Å²) in [6, 6.07) is 18.9. The Morgan fingerprint density at radius 3 is 1.74 bits per heavy atom. The average molecular weight is 974 g/mol. The lowest BCUT2D eigenvalue weighted by molar-refractivity contribution is -0.157. The maximum absolute atomic E-state index is 14.1. The second-order valence-corrected chi connectivity index (χ2v) is 19.8. The van der Waals surface area contributed by atoms with E-state index in [0.717, 1.165) is 22.3 Å². The van der Waals surface area contributed by atoms with Gasteiger partial charge in [-0.25, -0.2) is 4.79 Å². The molecule has 0 spiro atoms. The van der Waals surface area contributed by atoms with Crippen molar-refractivity contribution in [1.29, 1.82) is 0 Å². The maximum Gasteiger partial charge on any atom is 0.407 e. The number of hydrogen-bond donors (Lipinski definition) is 5. The minimum Gasteiger partial charge on any atom is -0.488 e. The molecule has 4 rings (SSSR count). The van der Waals surface area contributed by atoms with Crippen molar-refractivity contribution in [2.45, 2.75) is 129 Å². The van der Waals surface area contributed by atoms with Gasteiger partial charge in [-0.2, -0.15) is 0 Å². The van der Waals surface area contributed by atoms with E-state index in [2.05, 4.69) is 38.7 Å². The normalized spacial score (nSPS) is 13.6. The summed E-state index contributed by atoms with van der Waals surface area (Å²) in [7, 11) is 1.38. The molecule has 0 bridgehead atoms. The van der Waals surface area contributed by atoms with Crippen LogP contribution in [-0.4, -0.2) is 123 Å². The third-order valence-corrected chi connectivity index (χ3v) is 10.3. The number of hydrogen-bond acceptors (Lipinski definition) is 13. The van der Waals surface area contributed by atoms with Crippen LogP contribution in [0.1, 0.15) is 104 Å². The zero-order chi connectivity index (χ0) is 51.6. The quantitative estimate of drug-likeness (QED) is 0.0451. The Morgan fingerprint density at radius 1 is 0.600 bits per heavy atom. The van der Waals surface area contributed by atoms with E-state index in [0.29, 0.717) is 11.3 Å². The molecule has 0 heterocycles. The van der Waals surface area contributed by atoms with Crippen molar-refractivity contribution in [1.82, 2.24) is 26.6 Å².